The number of anilines is 4. The number of para-hydroxylation sites is 1. The highest BCUT2D eigenvalue weighted by atomic mass is 32.1. The van der Waals surface area contributed by atoms with Crippen molar-refractivity contribution >= 4 is 53.0 Å². The maximum Gasteiger partial charge on any atom is 0.332 e. The molecule has 0 aliphatic rings. The second-order valence-corrected chi connectivity index (χ2v) is 7.09. The van der Waals surface area contributed by atoms with Gasteiger partial charge in [0.2, 0.25) is 0 Å². The molecule has 2 N–H and O–H groups in total. The van der Waals surface area contributed by atoms with E-state index >= 15 is 0 Å². The van der Waals surface area contributed by atoms with E-state index in [4.69, 9.17) is 0 Å². The van der Waals surface area contributed by atoms with E-state index in [1.54, 1.807) is 36.5 Å². The van der Waals surface area contributed by atoms with E-state index in [9.17, 15) is 9.90 Å². The maximum atomic E-state index is 12.1. The van der Waals surface area contributed by atoms with Gasteiger partial charge in [-0.1, -0.05) is 37.1 Å². The molecule has 0 bridgehead atoms. The molecule has 0 saturated heterocycles. The van der Waals surface area contributed by atoms with Crippen LogP contribution in [0, 0.1) is 0 Å². The molecule has 4 aromatic rings. The Balaban J connectivity index is 1.77. The number of urea groups is 1. The summed E-state index contributed by atoms with van der Waals surface area (Å²) in [5, 5.41) is 12.7. The number of amides is 2. The highest BCUT2D eigenvalue weighted by Gasteiger charge is 2.16. The zero-order chi connectivity index (χ0) is 21.8. The largest absolute Gasteiger partial charge is 0.508 e. The van der Waals surface area contributed by atoms with Crippen LogP contribution in [0.3, 0.4) is 0 Å². The predicted octanol–water partition coefficient (Wildman–Crippen LogP) is 4.90. The summed E-state index contributed by atoms with van der Waals surface area (Å²) in [5.41, 5.74) is 2.53. The molecule has 0 radical (unpaired) electrons. The number of fused-ring (bicyclic) bond motifs is 1. The molecule has 2 aromatic heterocycles. The number of benzene rings is 2. The zero-order valence-electron chi connectivity index (χ0n) is 16.7. The van der Waals surface area contributed by atoms with Crippen molar-refractivity contribution in [2.24, 2.45) is 0 Å². The van der Waals surface area contributed by atoms with Crippen LogP contribution < -0.4 is 10.2 Å². The first-order valence-electron chi connectivity index (χ1n) is 9.60. The number of carbonyl (C=O) groups is 1. The summed E-state index contributed by atoms with van der Waals surface area (Å²) >= 11 is 4.10. The van der Waals surface area contributed by atoms with Gasteiger partial charge in [-0.15, -0.1) is 0 Å². The molecular weight excluding hydrogens is 412 g/mol. The number of hydrogen-bond donors (Lipinski definition) is 3. The standard InChI is InChI=1S/C22H20N6O2S/c1-2-27(31)22(30)25-19-12-11-18-21(24-19)26-20(14-23-18)28(15-7-4-3-5-8-15)16-9-6-10-17(29)13-16/h3-14,29,31H,2H2,1H3,(H,24,25,26,30). The first-order valence-corrected chi connectivity index (χ1v) is 10.0. The average molecular weight is 433 g/mol. The minimum absolute atomic E-state index is 0.141. The van der Waals surface area contributed by atoms with Crippen LogP contribution in [-0.4, -0.2) is 36.9 Å². The molecule has 2 amide bonds. The van der Waals surface area contributed by atoms with E-state index < -0.39 is 0 Å². The molecule has 0 atom stereocenters. The molecule has 8 nitrogen and oxygen atoms in total. The molecule has 0 aliphatic carbocycles. The van der Waals surface area contributed by atoms with Crippen LogP contribution in [0.4, 0.5) is 27.8 Å². The summed E-state index contributed by atoms with van der Waals surface area (Å²) in [6.07, 6.45) is 1.64. The Morgan fingerprint density at radius 2 is 1.81 bits per heavy atom. The van der Waals surface area contributed by atoms with Crippen molar-refractivity contribution in [1.29, 1.82) is 0 Å². The van der Waals surface area contributed by atoms with Gasteiger partial charge in [0.25, 0.3) is 0 Å². The van der Waals surface area contributed by atoms with E-state index in [2.05, 4.69) is 33.1 Å². The van der Waals surface area contributed by atoms with Gasteiger partial charge >= 0.3 is 6.03 Å². The number of nitrogens with one attached hydrogen (secondary N) is 1. The SMILES string of the molecule is CCN(S)C(=O)Nc1ccc2ncc(N(c3ccccc3)c3cccc(O)c3)nc2n1. The summed E-state index contributed by atoms with van der Waals surface area (Å²) < 4.78 is 1.24. The van der Waals surface area contributed by atoms with E-state index in [0.717, 1.165) is 11.4 Å². The molecule has 0 saturated carbocycles. The second kappa shape index (κ2) is 8.88. The Bertz CT molecular complexity index is 1220. The molecule has 9 heteroatoms. The average Bonchev–Trinajstić information content (AvgIpc) is 2.79. The molecule has 156 valence electrons. The van der Waals surface area contributed by atoms with Gasteiger partial charge in [0.15, 0.2) is 11.5 Å². The van der Waals surface area contributed by atoms with Crippen molar-refractivity contribution in [2.45, 2.75) is 6.92 Å². The summed E-state index contributed by atoms with van der Waals surface area (Å²) in [4.78, 5) is 27.5. The lowest BCUT2D eigenvalue weighted by atomic mass is 10.2. The van der Waals surface area contributed by atoms with Gasteiger partial charge in [-0.05, 0) is 43.3 Å². The first-order chi connectivity index (χ1) is 15.0. The van der Waals surface area contributed by atoms with Crippen molar-refractivity contribution in [3.63, 3.8) is 0 Å². The van der Waals surface area contributed by atoms with Gasteiger partial charge in [-0.3, -0.25) is 14.5 Å². The lowest BCUT2D eigenvalue weighted by molar-refractivity contribution is 0.240. The number of aromatic nitrogens is 3. The van der Waals surface area contributed by atoms with Gasteiger partial charge < -0.3 is 5.11 Å². The van der Waals surface area contributed by atoms with E-state index in [-0.39, 0.29) is 11.8 Å². The summed E-state index contributed by atoms with van der Waals surface area (Å²) in [5.74, 6) is 1.01. The summed E-state index contributed by atoms with van der Waals surface area (Å²) in [6, 6.07) is 19.5. The quantitative estimate of drug-likeness (QED) is 0.388. The highest BCUT2D eigenvalue weighted by molar-refractivity contribution is 7.78. The Morgan fingerprint density at radius 3 is 2.55 bits per heavy atom. The fourth-order valence-electron chi connectivity index (χ4n) is 3.01. The molecular formula is C22H20N6O2S. The van der Waals surface area contributed by atoms with E-state index in [0.29, 0.717) is 29.3 Å². The lowest BCUT2D eigenvalue weighted by Crippen LogP contribution is -2.27. The van der Waals surface area contributed by atoms with Crippen molar-refractivity contribution in [3.8, 4) is 5.75 Å². The van der Waals surface area contributed by atoms with Gasteiger partial charge in [-0.25, -0.2) is 19.7 Å². The Hall–Kier alpha value is -3.85. The molecule has 2 heterocycles. The van der Waals surface area contributed by atoms with Crippen molar-refractivity contribution in [1.82, 2.24) is 19.3 Å². The van der Waals surface area contributed by atoms with Crippen LogP contribution in [0.15, 0.2) is 72.9 Å². The molecule has 2 aromatic carbocycles. The number of phenols is 1. The summed E-state index contributed by atoms with van der Waals surface area (Å²) in [6.45, 7) is 2.26. The van der Waals surface area contributed by atoms with Crippen LogP contribution in [0.2, 0.25) is 0 Å². The van der Waals surface area contributed by atoms with Crippen LogP contribution in [0.1, 0.15) is 6.92 Å². The number of pyridine rings is 1. The van der Waals surface area contributed by atoms with Crippen LogP contribution in [0.25, 0.3) is 11.2 Å². The molecule has 0 aliphatic heterocycles. The number of phenolic OH excluding ortho intramolecular Hbond substituents is 1. The Morgan fingerprint density at radius 1 is 1.03 bits per heavy atom. The topological polar surface area (TPSA) is 94.5 Å². The predicted molar refractivity (Wildman–Crippen MR) is 124 cm³/mol. The van der Waals surface area contributed by atoms with Crippen molar-refractivity contribution < 1.29 is 9.90 Å². The number of rotatable bonds is 5. The summed E-state index contributed by atoms with van der Waals surface area (Å²) in [7, 11) is 0. The van der Waals surface area contributed by atoms with Gasteiger partial charge in [0, 0.05) is 18.3 Å². The number of aromatic hydroxyl groups is 1. The minimum Gasteiger partial charge on any atom is -0.508 e. The van der Waals surface area contributed by atoms with E-state index in [1.165, 1.54) is 4.31 Å². The molecule has 4 rings (SSSR count). The van der Waals surface area contributed by atoms with Crippen LogP contribution in [-0.2, 0) is 0 Å². The van der Waals surface area contributed by atoms with Gasteiger partial charge in [0.1, 0.15) is 17.1 Å². The molecule has 0 fully saturated rings. The molecule has 31 heavy (non-hydrogen) atoms. The fourth-order valence-corrected chi connectivity index (χ4v) is 3.06. The van der Waals surface area contributed by atoms with Crippen LogP contribution >= 0.6 is 12.8 Å². The van der Waals surface area contributed by atoms with Crippen LogP contribution in [0.5, 0.6) is 5.75 Å². The number of thiol groups is 1. The third-order valence-corrected chi connectivity index (χ3v) is 4.96. The third kappa shape index (κ3) is 4.51. The highest BCUT2D eigenvalue weighted by Crippen LogP contribution is 2.34. The van der Waals surface area contributed by atoms with E-state index in [1.807, 2.05) is 48.2 Å². The second-order valence-electron chi connectivity index (χ2n) is 6.60. The zero-order valence-corrected chi connectivity index (χ0v) is 17.6. The Kier molecular flexibility index (Phi) is 5.85. The molecule has 0 unspecified atom stereocenters. The number of hydrogen-bond acceptors (Lipinski definition) is 7. The number of carbonyl (C=O) groups excluding carboxylic acids is 1. The van der Waals surface area contributed by atoms with Crippen molar-refractivity contribution in [3.05, 3.63) is 72.9 Å². The minimum atomic E-state index is -0.382. The monoisotopic (exact) mass is 432 g/mol. The maximum absolute atomic E-state index is 12.1. The Labute approximate surface area is 184 Å². The smallest absolute Gasteiger partial charge is 0.332 e. The third-order valence-electron chi connectivity index (χ3n) is 4.49. The normalized spacial score (nSPS) is 10.6. The first kappa shape index (κ1) is 20.4. The van der Waals surface area contributed by atoms with Gasteiger partial charge in [0.05, 0.1) is 11.9 Å². The number of nitrogens with zero attached hydrogens (tertiary/aromatic N) is 5. The molecule has 0 spiro atoms. The fraction of sp³-hybridized carbons (Fsp3) is 0.0909. The lowest BCUT2D eigenvalue weighted by Gasteiger charge is -2.24. The van der Waals surface area contributed by atoms with Crippen molar-refractivity contribution in [2.75, 3.05) is 16.8 Å². The van der Waals surface area contributed by atoms with Gasteiger partial charge in [-0.2, -0.15) is 0 Å².